The zero-order chi connectivity index (χ0) is 16.9. The molecule has 2 heterocycles. The third-order valence-electron chi connectivity index (χ3n) is 3.95. The summed E-state index contributed by atoms with van der Waals surface area (Å²) in [6.07, 6.45) is 3.09. The van der Waals surface area contributed by atoms with E-state index in [1.165, 1.54) is 10.8 Å². The van der Waals surface area contributed by atoms with Crippen LogP contribution in [0, 0.1) is 0 Å². The molecular formula is C17H19N3O4. The molecule has 0 radical (unpaired) electrons. The average molecular weight is 329 g/mol. The molecule has 1 fully saturated rings. The van der Waals surface area contributed by atoms with Gasteiger partial charge in [0.1, 0.15) is 18.1 Å². The highest BCUT2D eigenvalue weighted by Gasteiger charge is 2.18. The highest BCUT2D eigenvalue weighted by Crippen LogP contribution is 2.17. The second-order valence-corrected chi connectivity index (χ2v) is 5.68. The summed E-state index contributed by atoms with van der Waals surface area (Å²) in [4.78, 5) is 28.3. The van der Waals surface area contributed by atoms with Gasteiger partial charge >= 0.3 is 5.97 Å². The Kier molecular flexibility index (Phi) is 4.90. The number of benzene rings is 1. The highest BCUT2D eigenvalue weighted by atomic mass is 16.5. The van der Waals surface area contributed by atoms with E-state index in [1.807, 2.05) is 18.2 Å². The first kappa shape index (κ1) is 16.2. The monoisotopic (exact) mass is 329 g/mol. The fourth-order valence-electron chi connectivity index (χ4n) is 2.75. The molecule has 7 heteroatoms. The number of ether oxygens (including phenoxy) is 1. The van der Waals surface area contributed by atoms with Crippen molar-refractivity contribution in [1.29, 1.82) is 0 Å². The number of aliphatic carboxylic acids is 1. The van der Waals surface area contributed by atoms with Gasteiger partial charge in [-0.15, -0.1) is 0 Å². The molecule has 1 aliphatic rings. The molecule has 0 spiro atoms. The summed E-state index contributed by atoms with van der Waals surface area (Å²) in [7, 11) is 0. The van der Waals surface area contributed by atoms with Gasteiger partial charge in [0.2, 0.25) is 0 Å². The lowest BCUT2D eigenvalue weighted by atomic mass is 10.1. The lowest BCUT2D eigenvalue weighted by Gasteiger charge is -2.24. The average Bonchev–Trinajstić information content (AvgIpc) is 2.60. The van der Waals surface area contributed by atoms with Crippen molar-refractivity contribution in [2.75, 3.05) is 18.5 Å². The molecule has 0 saturated carbocycles. The van der Waals surface area contributed by atoms with Gasteiger partial charge in [-0.05, 0) is 12.8 Å². The molecule has 2 N–H and O–H groups in total. The zero-order valence-corrected chi connectivity index (χ0v) is 13.1. The Balaban J connectivity index is 1.97. The summed E-state index contributed by atoms with van der Waals surface area (Å²) in [5.41, 5.74) is 0.647. The molecule has 0 amide bonds. The van der Waals surface area contributed by atoms with Gasteiger partial charge in [-0.25, -0.2) is 4.98 Å². The molecule has 0 unspecified atom stereocenters. The molecule has 0 aliphatic carbocycles. The maximum Gasteiger partial charge on any atom is 0.323 e. The molecular weight excluding hydrogens is 310 g/mol. The van der Waals surface area contributed by atoms with E-state index in [-0.39, 0.29) is 11.6 Å². The molecule has 0 atom stereocenters. The van der Waals surface area contributed by atoms with E-state index in [1.54, 1.807) is 12.1 Å². The van der Waals surface area contributed by atoms with Crippen LogP contribution in [0.4, 0.5) is 5.69 Å². The molecule has 24 heavy (non-hydrogen) atoms. The number of nitrogens with one attached hydrogen (secondary N) is 1. The Labute approximate surface area is 138 Å². The molecule has 0 bridgehead atoms. The van der Waals surface area contributed by atoms with Crippen LogP contribution in [0.2, 0.25) is 0 Å². The number of rotatable bonds is 5. The van der Waals surface area contributed by atoms with Crippen LogP contribution in [0.25, 0.3) is 11.4 Å². The van der Waals surface area contributed by atoms with Gasteiger partial charge in [0.15, 0.2) is 0 Å². The Bertz CT molecular complexity index is 767. The largest absolute Gasteiger partial charge is 0.480 e. The Morgan fingerprint density at radius 3 is 2.67 bits per heavy atom. The second-order valence-electron chi connectivity index (χ2n) is 5.68. The molecule has 126 valence electrons. The minimum Gasteiger partial charge on any atom is -0.480 e. The van der Waals surface area contributed by atoms with Gasteiger partial charge in [-0.1, -0.05) is 30.3 Å². The van der Waals surface area contributed by atoms with Gasteiger partial charge in [-0.3, -0.25) is 14.2 Å². The quantitative estimate of drug-likeness (QED) is 0.865. The van der Waals surface area contributed by atoms with Crippen molar-refractivity contribution in [3.63, 3.8) is 0 Å². The predicted octanol–water partition coefficient (Wildman–Crippen LogP) is 1.59. The van der Waals surface area contributed by atoms with Gasteiger partial charge in [0.05, 0.1) is 6.20 Å². The molecule has 1 aliphatic heterocycles. The van der Waals surface area contributed by atoms with E-state index in [0.717, 1.165) is 12.8 Å². The zero-order valence-electron chi connectivity index (χ0n) is 13.1. The van der Waals surface area contributed by atoms with Crippen molar-refractivity contribution in [1.82, 2.24) is 9.55 Å². The minimum absolute atomic E-state index is 0.133. The van der Waals surface area contributed by atoms with Crippen molar-refractivity contribution in [3.05, 3.63) is 46.9 Å². The minimum atomic E-state index is -1.08. The van der Waals surface area contributed by atoms with Crippen molar-refractivity contribution in [3.8, 4) is 11.4 Å². The van der Waals surface area contributed by atoms with E-state index in [4.69, 9.17) is 9.84 Å². The van der Waals surface area contributed by atoms with Crippen LogP contribution in [0.15, 0.2) is 41.3 Å². The number of aromatic nitrogens is 2. The first-order valence-corrected chi connectivity index (χ1v) is 7.86. The van der Waals surface area contributed by atoms with Crippen molar-refractivity contribution >= 4 is 11.7 Å². The van der Waals surface area contributed by atoms with Gasteiger partial charge in [-0.2, -0.15) is 0 Å². The summed E-state index contributed by atoms with van der Waals surface area (Å²) >= 11 is 0. The van der Waals surface area contributed by atoms with Crippen molar-refractivity contribution in [2.24, 2.45) is 0 Å². The molecule has 3 rings (SSSR count). The third kappa shape index (κ3) is 3.62. The molecule has 7 nitrogen and oxygen atoms in total. The van der Waals surface area contributed by atoms with Crippen LogP contribution in [0.1, 0.15) is 12.8 Å². The van der Waals surface area contributed by atoms with E-state index in [2.05, 4.69) is 10.3 Å². The van der Waals surface area contributed by atoms with Crippen molar-refractivity contribution in [2.45, 2.75) is 25.4 Å². The van der Waals surface area contributed by atoms with E-state index < -0.39 is 12.5 Å². The SMILES string of the molecule is O=C(O)Cn1c(-c2ccccc2)ncc(NC2CCOCC2)c1=O. The maximum atomic E-state index is 12.7. The fourth-order valence-corrected chi connectivity index (χ4v) is 2.75. The van der Waals surface area contributed by atoms with Crippen molar-refractivity contribution < 1.29 is 14.6 Å². The number of nitrogens with zero attached hydrogens (tertiary/aromatic N) is 2. The first-order valence-electron chi connectivity index (χ1n) is 7.86. The van der Waals surface area contributed by atoms with Gasteiger partial charge in [0, 0.05) is 24.8 Å². The van der Waals surface area contributed by atoms with E-state index in [0.29, 0.717) is 30.3 Å². The Morgan fingerprint density at radius 1 is 1.29 bits per heavy atom. The number of hydrogen-bond donors (Lipinski definition) is 2. The predicted molar refractivity (Wildman–Crippen MR) is 89.0 cm³/mol. The molecule has 1 aromatic carbocycles. The topological polar surface area (TPSA) is 93.4 Å². The Morgan fingerprint density at radius 2 is 2.00 bits per heavy atom. The normalized spacial score (nSPS) is 15.2. The maximum absolute atomic E-state index is 12.7. The summed E-state index contributed by atoms with van der Waals surface area (Å²) in [6.45, 7) is 0.867. The molecule has 1 saturated heterocycles. The lowest BCUT2D eigenvalue weighted by Crippen LogP contribution is -2.34. The van der Waals surface area contributed by atoms with Crippen LogP contribution >= 0.6 is 0 Å². The van der Waals surface area contributed by atoms with Crippen LogP contribution in [0.5, 0.6) is 0 Å². The summed E-state index contributed by atoms with van der Waals surface area (Å²) in [6, 6.07) is 9.22. The van der Waals surface area contributed by atoms with Crippen LogP contribution in [-0.2, 0) is 16.1 Å². The van der Waals surface area contributed by atoms with Gasteiger partial charge < -0.3 is 15.2 Å². The number of carbonyl (C=O) groups is 1. The van der Waals surface area contributed by atoms with Crippen LogP contribution in [-0.4, -0.2) is 39.9 Å². The summed E-state index contributed by atoms with van der Waals surface area (Å²) in [5.74, 6) is -0.736. The molecule has 2 aromatic rings. The number of carboxylic acids is 1. The second kappa shape index (κ2) is 7.27. The first-order chi connectivity index (χ1) is 11.6. The number of hydrogen-bond acceptors (Lipinski definition) is 5. The molecule has 1 aromatic heterocycles. The van der Waals surface area contributed by atoms with Crippen LogP contribution < -0.4 is 10.9 Å². The van der Waals surface area contributed by atoms with Gasteiger partial charge in [0.25, 0.3) is 5.56 Å². The van der Waals surface area contributed by atoms with E-state index in [9.17, 15) is 9.59 Å². The standard InChI is InChI=1S/C17H19N3O4/c21-15(22)11-20-16(12-4-2-1-3-5-12)18-10-14(17(20)23)19-13-6-8-24-9-7-13/h1-5,10,13,19H,6-9,11H2,(H,21,22). The van der Waals surface area contributed by atoms with E-state index >= 15 is 0 Å². The number of carboxylic acid groups (broad SMARTS) is 1. The Hall–Kier alpha value is -2.67. The summed E-state index contributed by atoms with van der Waals surface area (Å²) in [5, 5.41) is 12.3. The fraction of sp³-hybridized carbons (Fsp3) is 0.353. The lowest BCUT2D eigenvalue weighted by molar-refractivity contribution is -0.137. The number of anilines is 1. The smallest absolute Gasteiger partial charge is 0.323 e. The summed E-state index contributed by atoms with van der Waals surface area (Å²) < 4.78 is 6.50. The third-order valence-corrected chi connectivity index (χ3v) is 3.95. The highest BCUT2D eigenvalue weighted by molar-refractivity contribution is 5.68. The van der Waals surface area contributed by atoms with Crippen LogP contribution in [0.3, 0.4) is 0 Å².